The van der Waals surface area contributed by atoms with Gasteiger partial charge in [-0.2, -0.15) is 0 Å². The van der Waals surface area contributed by atoms with Gasteiger partial charge in [0, 0.05) is 18.1 Å². The van der Waals surface area contributed by atoms with E-state index < -0.39 is 0 Å². The standard InChI is InChI=1S/C17H26N2O2/c1-4-18-14(11-19-9-5-8-17(19,2)3)13-6-7-15-16(10-13)21-12-20-15/h6-7,10,14,18H,4-5,8-9,11-12H2,1-3H3. The fourth-order valence-corrected chi connectivity index (χ4v) is 3.39. The average molecular weight is 290 g/mol. The van der Waals surface area contributed by atoms with Gasteiger partial charge in [-0.05, 0) is 57.5 Å². The highest BCUT2D eigenvalue weighted by Crippen LogP contribution is 2.35. The Balaban J connectivity index is 1.78. The lowest BCUT2D eigenvalue weighted by Gasteiger charge is -2.35. The van der Waals surface area contributed by atoms with Gasteiger partial charge in [0.15, 0.2) is 11.5 Å². The Labute approximate surface area is 127 Å². The molecule has 116 valence electrons. The maximum Gasteiger partial charge on any atom is 0.231 e. The van der Waals surface area contributed by atoms with E-state index in [1.165, 1.54) is 24.9 Å². The van der Waals surface area contributed by atoms with Gasteiger partial charge in [-0.3, -0.25) is 4.90 Å². The van der Waals surface area contributed by atoms with E-state index in [2.05, 4.69) is 43.1 Å². The highest BCUT2D eigenvalue weighted by atomic mass is 16.7. The van der Waals surface area contributed by atoms with E-state index in [1.807, 2.05) is 6.07 Å². The fourth-order valence-electron chi connectivity index (χ4n) is 3.39. The summed E-state index contributed by atoms with van der Waals surface area (Å²) in [4.78, 5) is 2.60. The van der Waals surface area contributed by atoms with Crippen LogP contribution in [0.3, 0.4) is 0 Å². The summed E-state index contributed by atoms with van der Waals surface area (Å²) in [6, 6.07) is 6.64. The third kappa shape index (κ3) is 3.01. The van der Waals surface area contributed by atoms with Crippen LogP contribution in [0.5, 0.6) is 11.5 Å². The minimum absolute atomic E-state index is 0.310. The Morgan fingerprint density at radius 1 is 1.29 bits per heavy atom. The first kappa shape index (κ1) is 14.7. The van der Waals surface area contributed by atoms with Crippen molar-refractivity contribution in [2.75, 3.05) is 26.4 Å². The molecular weight excluding hydrogens is 264 g/mol. The molecule has 1 saturated heterocycles. The molecule has 21 heavy (non-hydrogen) atoms. The summed E-state index contributed by atoms with van der Waals surface area (Å²) >= 11 is 0. The number of hydrogen-bond donors (Lipinski definition) is 1. The molecule has 2 heterocycles. The first-order chi connectivity index (χ1) is 10.1. The van der Waals surface area contributed by atoms with Gasteiger partial charge >= 0.3 is 0 Å². The number of nitrogens with one attached hydrogen (secondary N) is 1. The van der Waals surface area contributed by atoms with Crippen LogP contribution >= 0.6 is 0 Å². The van der Waals surface area contributed by atoms with Gasteiger partial charge < -0.3 is 14.8 Å². The predicted molar refractivity (Wildman–Crippen MR) is 83.9 cm³/mol. The molecule has 0 aromatic heterocycles. The van der Waals surface area contributed by atoms with E-state index in [0.29, 0.717) is 18.4 Å². The van der Waals surface area contributed by atoms with Crippen LogP contribution in [0.2, 0.25) is 0 Å². The Morgan fingerprint density at radius 2 is 2.10 bits per heavy atom. The van der Waals surface area contributed by atoms with Crippen LogP contribution in [0.15, 0.2) is 18.2 Å². The smallest absolute Gasteiger partial charge is 0.231 e. The van der Waals surface area contributed by atoms with Crippen molar-refractivity contribution >= 4 is 0 Å². The van der Waals surface area contributed by atoms with Crippen LogP contribution < -0.4 is 14.8 Å². The molecule has 0 spiro atoms. The van der Waals surface area contributed by atoms with Crippen LogP contribution in [0.25, 0.3) is 0 Å². The molecule has 1 fully saturated rings. The van der Waals surface area contributed by atoms with Crippen molar-refractivity contribution in [2.24, 2.45) is 0 Å². The molecule has 1 atom stereocenters. The molecule has 4 heteroatoms. The molecule has 1 unspecified atom stereocenters. The normalized spacial score (nSPS) is 21.7. The summed E-state index contributed by atoms with van der Waals surface area (Å²) in [7, 11) is 0. The minimum Gasteiger partial charge on any atom is -0.454 e. The van der Waals surface area contributed by atoms with Crippen molar-refractivity contribution < 1.29 is 9.47 Å². The molecule has 1 aromatic carbocycles. The van der Waals surface area contributed by atoms with Crippen molar-refractivity contribution in [1.82, 2.24) is 10.2 Å². The molecule has 0 aliphatic carbocycles. The van der Waals surface area contributed by atoms with Gasteiger partial charge in [0.1, 0.15) is 0 Å². The van der Waals surface area contributed by atoms with Crippen molar-refractivity contribution in [3.8, 4) is 11.5 Å². The van der Waals surface area contributed by atoms with E-state index in [-0.39, 0.29) is 0 Å². The number of hydrogen-bond acceptors (Lipinski definition) is 4. The summed E-state index contributed by atoms with van der Waals surface area (Å²) in [6.07, 6.45) is 2.58. The summed E-state index contributed by atoms with van der Waals surface area (Å²) in [5.74, 6) is 1.73. The quantitative estimate of drug-likeness (QED) is 0.904. The summed E-state index contributed by atoms with van der Waals surface area (Å²) in [6.45, 7) is 10.4. The molecule has 1 aromatic rings. The Kier molecular flexibility index (Phi) is 4.09. The van der Waals surface area contributed by atoms with Gasteiger partial charge in [-0.15, -0.1) is 0 Å². The minimum atomic E-state index is 0.310. The first-order valence-electron chi connectivity index (χ1n) is 7.98. The number of fused-ring (bicyclic) bond motifs is 1. The number of rotatable bonds is 5. The van der Waals surface area contributed by atoms with Crippen molar-refractivity contribution in [2.45, 2.75) is 45.2 Å². The number of benzene rings is 1. The Bertz CT molecular complexity index is 502. The molecule has 3 rings (SSSR count). The SMILES string of the molecule is CCNC(CN1CCCC1(C)C)c1ccc2c(c1)OCO2. The van der Waals surface area contributed by atoms with Crippen LogP contribution in [0.4, 0.5) is 0 Å². The van der Waals surface area contributed by atoms with Gasteiger partial charge in [0.2, 0.25) is 6.79 Å². The van der Waals surface area contributed by atoms with Crippen molar-refractivity contribution in [1.29, 1.82) is 0 Å². The highest BCUT2D eigenvalue weighted by Gasteiger charge is 2.33. The second kappa shape index (κ2) is 5.85. The van der Waals surface area contributed by atoms with Crippen molar-refractivity contribution in [3.05, 3.63) is 23.8 Å². The highest BCUT2D eigenvalue weighted by molar-refractivity contribution is 5.45. The second-order valence-electron chi connectivity index (χ2n) is 6.58. The second-order valence-corrected chi connectivity index (χ2v) is 6.58. The Hall–Kier alpha value is -1.26. The van der Waals surface area contributed by atoms with Crippen LogP contribution in [-0.2, 0) is 0 Å². The van der Waals surface area contributed by atoms with Gasteiger partial charge in [-0.1, -0.05) is 13.0 Å². The van der Waals surface area contributed by atoms with E-state index in [1.54, 1.807) is 0 Å². The molecule has 2 aliphatic rings. The lowest BCUT2D eigenvalue weighted by Crippen LogP contribution is -2.43. The first-order valence-corrected chi connectivity index (χ1v) is 7.98. The zero-order chi connectivity index (χ0) is 14.9. The maximum atomic E-state index is 5.51. The third-order valence-corrected chi connectivity index (χ3v) is 4.73. The summed E-state index contributed by atoms with van der Waals surface area (Å²) in [5.41, 5.74) is 1.59. The zero-order valence-electron chi connectivity index (χ0n) is 13.3. The van der Waals surface area contributed by atoms with E-state index >= 15 is 0 Å². The summed E-state index contributed by atoms with van der Waals surface area (Å²) < 4.78 is 10.9. The maximum absolute atomic E-state index is 5.51. The zero-order valence-corrected chi connectivity index (χ0v) is 13.3. The van der Waals surface area contributed by atoms with Crippen LogP contribution in [-0.4, -0.2) is 36.9 Å². The number of likely N-dealkylation sites (N-methyl/N-ethyl adjacent to an activating group) is 1. The molecule has 0 saturated carbocycles. The lowest BCUT2D eigenvalue weighted by atomic mass is 10.00. The molecule has 4 nitrogen and oxygen atoms in total. The molecule has 0 amide bonds. The fraction of sp³-hybridized carbons (Fsp3) is 0.647. The molecular formula is C17H26N2O2. The summed E-state index contributed by atoms with van der Waals surface area (Å²) in [5, 5.41) is 3.62. The van der Waals surface area contributed by atoms with E-state index in [4.69, 9.17) is 9.47 Å². The molecule has 0 bridgehead atoms. The molecule has 0 radical (unpaired) electrons. The number of nitrogens with zero attached hydrogens (tertiary/aromatic N) is 1. The van der Waals surface area contributed by atoms with Crippen LogP contribution in [0.1, 0.15) is 45.2 Å². The van der Waals surface area contributed by atoms with Gasteiger partial charge in [-0.25, -0.2) is 0 Å². The number of likely N-dealkylation sites (tertiary alicyclic amines) is 1. The van der Waals surface area contributed by atoms with Gasteiger partial charge in [0.25, 0.3) is 0 Å². The average Bonchev–Trinajstić information content (AvgIpc) is 3.04. The predicted octanol–water partition coefficient (Wildman–Crippen LogP) is 2.94. The van der Waals surface area contributed by atoms with E-state index in [0.717, 1.165) is 24.6 Å². The Morgan fingerprint density at radius 3 is 2.81 bits per heavy atom. The van der Waals surface area contributed by atoms with Gasteiger partial charge in [0.05, 0.1) is 0 Å². The number of ether oxygens (including phenoxy) is 2. The monoisotopic (exact) mass is 290 g/mol. The van der Waals surface area contributed by atoms with Crippen LogP contribution in [0, 0.1) is 0 Å². The lowest BCUT2D eigenvalue weighted by molar-refractivity contribution is 0.157. The van der Waals surface area contributed by atoms with Crippen molar-refractivity contribution in [3.63, 3.8) is 0 Å². The molecule has 2 aliphatic heterocycles. The topological polar surface area (TPSA) is 33.7 Å². The third-order valence-electron chi connectivity index (χ3n) is 4.73. The largest absolute Gasteiger partial charge is 0.454 e. The van der Waals surface area contributed by atoms with E-state index in [9.17, 15) is 0 Å². The molecule has 1 N–H and O–H groups in total.